The van der Waals surface area contributed by atoms with E-state index in [9.17, 15) is 18.0 Å². The van der Waals surface area contributed by atoms with E-state index in [1.165, 1.54) is 6.07 Å². The van der Waals surface area contributed by atoms with Crippen molar-refractivity contribution in [1.29, 1.82) is 0 Å². The van der Waals surface area contributed by atoms with Gasteiger partial charge in [0.25, 0.3) is 5.91 Å². The van der Waals surface area contributed by atoms with Crippen LogP contribution in [0.4, 0.5) is 5.69 Å². The standard InChI is InChI=1S/C11H11ClN2O6S/c1-14(4-11(16)17)21(18,19)9-3-8-7(2-6(9)12)13-10(15)5-20-8/h2-3H,4-5H2,1H3,(H,13,15)(H,16,17). The average Bonchev–Trinajstić information content (AvgIpc) is 2.36. The zero-order valence-corrected chi connectivity index (χ0v) is 12.4. The Morgan fingerprint density at radius 1 is 1.52 bits per heavy atom. The number of carboxylic acids is 1. The molecule has 8 nitrogen and oxygen atoms in total. The van der Waals surface area contributed by atoms with Gasteiger partial charge < -0.3 is 15.2 Å². The molecule has 1 aliphatic heterocycles. The van der Waals surface area contributed by atoms with Crippen molar-refractivity contribution in [2.75, 3.05) is 25.5 Å². The highest BCUT2D eigenvalue weighted by Crippen LogP contribution is 2.36. The lowest BCUT2D eigenvalue weighted by atomic mass is 10.2. The van der Waals surface area contributed by atoms with Gasteiger partial charge in [0.2, 0.25) is 10.0 Å². The number of amides is 1. The number of carbonyl (C=O) groups is 2. The number of likely N-dealkylation sites (N-methyl/N-ethyl adjacent to an activating group) is 1. The number of hydrogen-bond acceptors (Lipinski definition) is 5. The second-order valence-corrected chi connectivity index (χ2v) is 6.69. The molecule has 0 unspecified atom stereocenters. The van der Waals surface area contributed by atoms with Crippen LogP contribution in [0.15, 0.2) is 17.0 Å². The number of hydrogen-bond donors (Lipinski definition) is 2. The zero-order valence-electron chi connectivity index (χ0n) is 10.8. The number of fused-ring (bicyclic) bond motifs is 1. The molecule has 2 rings (SSSR count). The number of carboxylic acid groups (broad SMARTS) is 1. The van der Waals surface area contributed by atoms with Gasteiger partial charge in [0.15, 0.2) is 6.61 Å². The number of nitrogens with zero attached hydrogens (tertiary/aromatic N) is 1. The predicted octanol–water partition coefficient (Wildman–Crippen LogP) is 0.376. The molecule has 1 heterocycles. The van der Waals surface area contributed by atoms with E-state index < -0.39 is 22.5 Å². The Balaban J connectivity index is 2.45. The monoisotopic (exact) mass is 334 g/mol. The third-order valence-electron chi connectivity index (χ3n) is 2.71. The molecule has 1 aliphatic rings. The van der Waals surface area contributed by atoms with Crippen LogP contribution < -0.4 is 10.1 Å². The first-order chi connectivity index (χ1) is 9.71. The highest BCUT2D eigenvalue weighted by atomic mass is 35.5. The second kappa shape index (κ2) is 5.51. The van der Waals surface area contributed by atoms with Gasteiger partial charge in [-0.1, -0.05) is 11.6 Å². The van der Waals surface area contributed by atoms with Gasteiger partial charge >= 0.3 is 5.97 Å². The summed E-state index contributed by atoms with van der Waals surface area (Å²) < 4.78 is 30.3. The molecule has 0 bridgehead atoms. The van der Waals surface area contributed by atoms with Gasteiger partial charge in [0.05, 0.1) is 10.7 Å². The van der Waals surface area contributed by atoms with E-state index in [2.05, 4.69) is 5.32 Å². The highest BCUT2D eigenvalue weighted by Gasteiger charge is 2.28. The first kappa shape index (κ1) is 15.5. The minimum atomic E-state index is -4.08. The SMILES string of the molecule is CN(CC(=O)O)S(=O)(=O)c1cc2c(cc1Cl)NC(=O)CO2. The molecular formula is C11H11ClN2O6S. The molecule has 114 valence electrons. The second-order valence-electron chi connectivity index (χ2n) is 4.27. The number of benzene rings is 1. The van der Waals surface area contributed by atoms with Crippen molar-refractivity contribution in [2.24, 2.45) is 0 Å². The molecule has 0 spiro atoms. The fourth-order valence-electron chi connectivity index (χ4n) is 1.72. The lowest BCUT2D eigenvalue weighted by molar-refractivity contribution is -0.137. The van der Waals surface area contributed by atoms with Crippen molar-refractivity contribution in [1.82, 2.24) is 4.31 Å². The summed E-state index contributed by atoms with van der Waals surface area (Å²) in [4.78, 5) is 21.5. The van der Waals surface area contributed by atoms with Crippen molar-refractivity contribution < 1.29 is 27.9 Å². The lowest BCUT2D eigenvalue weighted by Gasteiger charge is -2.21. The molecule has 0 atom stereocenters. The van der Waals surface area contributed by atoms with Crippen LogP contribution in [0.3, 0.4) is 0 Å². The molecule has 0 saturated heterocycles. The molecule has 0 saturated carbocycles. The Labute approximate surface area is 125 Å². The molecule has 10 heteroatoms. The summed E-state index contributed by atoms with van der Waals surface area (Å²) in [5.74, 6) is -1.52. The summed E-state index contributed by atoms with van der Waals surface area (Å²) in [6.07, 6.45) is 0. The van der Waals surface area contributed by atoms with E-state index in [1.807, 2.05) is 0 Å². The molecule has 1 amide bonds. The predicted molar refractivity (Wildman–Crippen MR) is 73.0 cm³/mol. The zero-order chi connectivity index (χ0) is 15.8. The maximum Gasteiger partial charge on any atom is 0.318 e. The number of nitrogens with one attached hydrogen (secondary N) is 1. The van der Waals surface area contributed by atoms with Crippen LogP contribution in [-0.2, 0) is 19.6 Å². The molecule has 1 aromatic carbocycles. The van der Waals surface area contributed by atoms with Crippen molar-refractivity contribution in [2.45, 2.75) is 4.90 Å². The maximum absolute atomic E-state index is 12.3. The Hall–Kier alpha value is -1.84. The van der Waals surface area contributed by atoms with Gasteiger partial charge in [0.1, 0.15) is 17.2 Å². The van der Waals surface area contributed by atoms with Crippen molar-refractivity contribution >= 4 is 39.2 Å². The Kier molecular flexibility index (Phi) is 4.08. The van der Waals surface area contributed by atoms with Crippen LogP contribution in [0.2, 0.25) is 5.02 Å². The topological polar surface area (TPSA) is 113 Å². The Bertz CT molecular complexity index is 718. The Morgan fingerprint density at radius 3 is 2.81 bits per heavy atom. The number of carbonyl (C=O) groups excluding carboxylic acids is 1. The van der Waals surface area contributed by atoms with Gasteiger partial charge in [-0.3, -0.25) is 9.59 Å². The van der Waals surface area contributed by atoms with Crippen LogP contribution in [0, 0.1) is 0 Å². The van der Waals surface area contributed by atoms with E-state index in [4.69, 9.17) is 21.4 Å². The highest BCUT2D eigenvalue weighted by molar-refractivity contribution is 7.89. The van der Waals surface area contributed by atoms with Crippen LogP contribution in [-0.4, -0.2) is 49.9 Å². The van der Waals surface area contributed by atoms with E-state index in [-0.39, 0.29) is 33.9 Å². The van der Waals surface area contributed by atoms with Gasteiger partial charge in [-0.05, 0) is 6.07 Å². The molecular weight excluding hydrogens is 324 g/mol. The fourth-order valence-corrected chi connectivity index (χ4v) is 3.36. The van der Waals surface area contributed by atoms with E-state index in [1.54, 1.807) is 0 Å². The van der Waals surface area contributed by atoms with E-state index >= 15 is 0 Å². The first-order valence-electron chi connectivity index (χ1n) is 5.66. The van der Waals surface area contributed by atoms with Crippen LogP contribution >= 0.6 is 11.6 Å². The first-order valence-corrected chi connectivity index (χ1v) is 7.48. The average molecular weight is 335 g/mol. The van der Waals surface area contributed by atoms with Crippen LogP contribution in [0.1, 0.15) is 0 Å². The molecule has 2 N–H and O–H groups in total. The van der Waals surface area contributed by atoms with Crippen molar-refractivity contribution in [3.63, 3.8) is 0 Å². The lowest BCUT2D eigenvalue weighted by Crippen LogP contribution is -2.32. The van der Waals surface area contributed by atoms with Gasteiger partial charge in [-0.25, -0.2) is 8.42 Å². The Morgan fingerprint density at radius 2 is 2.19 bits per heavy atom. The number of ether oxygens (including phenoxy) is 1. The largest absolute Gasteiger partial charge is 0.482 e. The van der Waals surface area contributed by atoms with Crippen molar-refractivity contribution in [3.8, 4) is 5.75 Å². The number of aliphatic carboxylic acids is 1. The van der Waals surface area contributed by atoms with Crippen molar-refractivity contribution in [3.05, 3.63) is 17.2 Å². The summed E-state index contributed by atoms with van der Waals surface area (Å²) in [7, 11) is -2.96. The summed E-state index contributed by atoms with van der Waals surface area (Å²) >= 11 is 5.91. The number of halogens is 1. The fraction of sp³-hybridized carbons (Fsp3) is 0.273. The van der Waals surface area contributed by atoms with Gasteiger partial charge in [0, 0.05) is 13.1 Å². The van der Waals surface area contributed by atoms with E-state index in [0.717, 1.165) is 13.1 Å². The molecule has 0 radical (unpaired) electrons. The molecule has 0 fully saturated rings. The van der Waals surface area contributed by atoms with Crippen LogP contribution in [0.25, 0.3) is 0 Å². The minimum Gasteiger partial charge on any atom is -0.482 e. The normalized spacial score (nSPS) is 14.3. The summed E-state index contributed by atoms with van der Waals surface area (Å²) in [6, 6.07) is 2.40. The summed E-state index contributed by atoms with van der Waals surface area (Å²) in [6.45, 7) is -0.938. The van der Waals surface area contributed by atoms with Crippen LogP contribution in [0.5, 0.6) is 5.75 Å². The number of anilines is 1. The third-order valence-corrected chi connectivity index (χ3v) is 4.98. The molecule has 21 heavy (non-hydrogen) atoms. The number of sulfonamides is 1. The third kappa shape index (κ3) is 3.09. The number of rotatable bonds is 4. The molecule has 1 aromatic rings. The minimum absolute atomic E-state index is 0.142. The van der Waals surface area contributed by atoms with Gasteiger partial charge in [-0.15, -0.1) is 0 Å². The molecule has 0 aliphatic carbocycles. The smallest absolute Gasteiger partial charge is 0.318 e. The molecule has 0 aromatic heterocycles. The maximum atomic E-state index is 12.3. The van der Waals surface area contributed by atoms with Gasteiger partial charge in [-0.2, -0.15) is 4.31 Å². The summed E-state index contributed by atoms with van der Waals surface area (Å²) in [5, 5.41) is 11.0. The quantitative estimate of drug-likeness (QED) is 0.822. The summed E-state index contributed by atoms with van der Waals surface area (Å²) in [5.41, 5.74) is 0.260. The van der Waals surface area contributed by atoms with E-state index in [0.29, 0.717) is 4.31 Å².